The number of nitrogens with one attached hydrogen (secondary N) is 1. The van der Waals surface area contributed by atoms with Crippen LogP contribution in [0.25, 0.3) is 0 Å². The monoisotopic (exact) mass is 368 g/mol. The van der Waals surface area contributed by atoms with Gasteiger partial charge in [-0.2, -0.15) is 0 Å². The maximum absolute atomic E-state index is 6.11. The Morgan fingerprint density at radius 2 is 2.00 bits per heavy atom. The first-order valence-corrected chi connectivity index (χ1v) is 8.29. The first-order chi connectivity index (χ1) is 11.0. The van der Waals surface area contributed by atoms with Gasteiger partial charge in [-0.05, 0) is 55.0 Å². The van der Waals surface area contributed by atoms with E-state index >= 15 is 0 Å². The van der Waals surface area contributed by atoms with Crippen LogP contribution in [0.5, 0.6) is 5.75 Å². The van der Waals surface area contributed by atoms with Crippen molar-refractivity contribution in [2.24, 2.45) is 0 Å². The second kappa shape index (κ2) is 8.39. The molecule has 0 spiro atoms. The van der Waals surface area contributed by atoms with Crippen molar-refractivity contribution in [2.45, 2.75) is 6.92 Å². The fourth-order valence-corrected chi connectivity index (χ4v) is 2.42. The minimum Gasteiger partial charge on any atom is -0.492 e. The molecular formula is C17H18Cl2N2OS. The molecule has 0 fully saturated rings. The number of anilines is 1. The van der Waals surface area contributed by atoms with Gasteiger partial charge in [0.2, 0.25) is 0 Å². The van der Waals surface area contributed by atoms with Gasteiger partial charge < -0.3 is 15.0 Å². The molecule has 23 heavy (non-hydrogen) atoms. The first-order valence-electron chi connectivity index (χ1n) is 7.12. The third-order valence-corrected chi connectivity index (χ3v) is 4.32. The van der Waals surface area contributed by atoms with Gasteiger partial charge in [-0.3, -0.25) is 0 Å². The van der Waals surface area contributed by atoms with Crippen molar-refractivity contribution >= 4 is 46.2 Å². The predicted molar refractivity (Wildman–Crippen MR) is 102 cm³/mol. The maximum Gasteiger partial charge on any atom is 0.173 e. The number of nitrogens with zero attached hydrogens (tertiary/aromatic N) is 1. The molecule has 0 unspecified atom stereocenters. The largest absolute Gasteiger partial charge is 0.492 e. The number of halogens is 2. The minimum absolute atomic E-state index is 0.507. The van der Waals surface area contributed by atoms with E-state index in [4.69, 9.17) is 40.2 Å². The summed E-state index contributed by atoms with van der Waals surface area (Å²) in [5.74, 6) is 0.745. The van der Waals surface area contributed by atoms with Crippen LogP contribution in [-0.2, 0) is 0 Å². The highest BCUT2D eigenvalue weighted by Gasteiger charge is 2.06. The van der Waals surface area contributed by atoms with E-state index < -0.39 is 0 Å². The second-order valence-electron chi connectivity index (χ2n) is 5.12. The van der Waals surface area contributed by atoms with Gasteiger partial charge in [0, 0.05) is 22.8 Å². The number of rotatable bonds is 5. The fraction of sp³-hybridized carbons (Fsp3) is 0.235. The van der Waals surface area contributed by atoms with Crippen molar-refractivity contribution in [3.05, 3.63) is 58.1 Å². The molecule has 0 saturated heterocycles. The highest BCUT2D eigenvalue weighted by Crippen LogP contribution is 2.20. The van der Waals surface area contributed by atoms with Crippen molar-refractivity contribution in [3.8, 4) is 5.75 Å². The number of ether oxygens (including phenoxy) is 1. The molecule has 6 heteroatoms. The van der Waals surface area contributed by atoms with Gasteiger partial charge in [0.05, 0.1) is 6.54 Å². The van der Waals surface area contributed by atoms with Crippen molar-refractivity contribution in [3.63, 3.8) is 0 Å². The lowest BCUT2D eigenvalue weighted by atomic mass is 10.2. The molecule has 2 aromatic carbocycles. The Hall–Kier alpha value is -1.49. The summed E-state index contributed by atoms with van der Waals surface area (Å²) in [5, 5.41) is 5.14. The summed E-state index contributed by atoms with van der Waals surface area (Å²) in [4.78, 5) is 1.91. The van der Waals surface area contributed by atoms with Crippen LogP contribution in [0.2, 0.25) is 10.0 Å². The van der Waals surface area contributed by atoms with Gasteiger partial charge >= 0.3 is 0 Å². The summed E-state index contributed by atoms with van der Waals surface area (Å²) in [6, 6.07) is 13.1. The Labute approximate surface area is 152 Å². The quantitative estimate of drug-likeness (QED) is 0.749. The molecule has 0 amide bonds. The highest BCUT2D eigenvalue weighted by atomic mass is 35.5. The molecule has 2 aromatic rings. The average Bonchev–Trinajstić information content (AvgIpc) is 2.51. The Bertz CT molecular complexity index is 694. The molecule has 0 aliphatic carbocycles. The zero-order valence-corrected chi connectivity index (χ0v) is 15.3. The molecule has 0 aliphatic rings. The fourth-order valence-electron chi connectivity index (χ4n) is 1.85. The number of hydrogen-bond donors (Lipinski definition) is 1. The summed E-state index contributed by atoms with van der Waals surface area (Å²) < 4.78 is 5.66. The van der Waals surface area contributed by atoms with Crippen LogP contribution < -0.4 is 10.1 Å². The molecule has 2 rings (SSSR count). The van der Waals surface area contributed by atoms with Crippen molar-refractivity contribution in [1.82, 2.24) is 4.90 Å². The molecule has 1 N–H and O–H groups in total. The maximum atomic E-state index is 6.11. The lowest BCUT2D eigenvalue weighted by Gasteiger charge is -2.21. The molecule has 0 bridgehead atoms. The third kappa shape index (κ3) is 5.57. The third-order valence-electron chi connectivity index (χ3n) is 3.26. The Morgan fingerprint density at radius 3 is 2.70 bits per heavy atom. The van der Waals surface area contributed by atoms with E-state index in [1.54, 1.807) is 6.07 Å². The zero-order chi connectivity index (χ0) is 16.8. The Kier molecular flexibility index (Phi) is 6.51. The van der Waals surface area contributed by atoms with Gasteiger partial charge in [0.25, 0.3) is 0 Å². The highest BCUT2D eigenvalue weighted by molar-refractivity contribution is 7.80. The number of thiocarbonyl (C=S) groups is 1. The second-order valence-corrected chi connectivity index (χ2v) is 6.35. The van der Waals surface area contributed by atoms with E-state index in [1.807, 2.05) is 55.3 Å². The smallest absolute Gasteiger partial charge is 0.173 e. The molecule has 3 nitrogen and oxygen atoms in total. The van der Waals surface area contributed by atoms with Crippen LogP contribution in [0.15, 0.2) is 42.5 Å². The van der Waals surface area contributed by atoms with E-state index in [2.05, 4.69) is 5.32 Å². The normalized spacial score (nSPS) is 10.3. The molecule has 0 aromatic heterocycles. The molecular weight excluding hydrogens is 351 g/mol. The van der Waals surface area contributed by atoms with Crippen LogP contribution in [0, 0.1) is 6.92 Å². The van der Waals surface area contributed by atoms with Crippen molar-refractivity contribution in [1.29, 1.82) is 0 Å². The van der Waals surface area contributed by atoms with Crippen LogP contribution in [0.4, 0.5) is 5.69 Å². The summed E-state index contributed by atoms with van der Waals surface area (Å²) in [7, 11) is 1.91. The van der Waals surface area contributed by atoms with Crippen molar-refractivity contribution in [2.75, 3.05) is 25.5 Å². The summed E-state index contributed by atoms with van der Waals surface area (Å²) in [6.07, 6.45) is 0. The SMILES string of the molecule is Cc1ccc(NC(=S)N(C)CCOc2cccc(Cl)c2)cc1Cl. The Balaban J connectivity index is 1.81. The van der Waals surface area contributed by atoms with Gasteiger partial charge in [-0.25, -0.2) is 0 Å². The predicted octanol–water partition coefficient (Wildman–Crippen LogP) is 5.01. The topological polar surface area (TPSA) is 24.5 Å². The summed E-state index contributed by atoms with van der Waals surface area (Å²) >= 11 is 17.4. The molecule has 122 valence electrons. The lowest BCUT2D eigenvalue weighted by Crippen LogP contribution is -2.34. The average molecular weight is 369 g/mol. The van der Waals surface area contributed by atoms with E-state index in [0.29, 0.717) is 28.3 Å². The number of likely N-dealkylation sites (N-methyl/N-ethyl adjacent to an activating group) is 1. The van der Waals surface area contributed by atoms with Gasteiger partial charge in [0.15, 0.2) is 5.11 Å². The summed E-state index contributed by atoms with van der Waals surface area (Å²) in [6.45, 7) is 3.12. The van der Waals surface area contributed by atoms with Gasteiger partial charge in [-0.1, -0.05) is 35.3 Å². The standard InChI is InChI=1S/C17H18Cl2N2OS/c1-12-6-7-14(11-16(12)19)20-17(23)21(2)8-9-22-15-5-3-4-13(18)10-15/h3-7,10-11H,8-9H2,1-2H3,(H,20,23). The molecule has 0 aliphatic heterocycles. The molecule has 0 heterocycles. The summed E-state index contributed by atoms with van der Waals surface area (Å²) in [5.41, 5.74) is 1.90. The van der Waals surface area contributed by atoms with Crippen LogP contribution in [-0.4, -0.2) is 30.2 Å². The van der Waals surface area contributed by atoms with E-state index in [-0.39, 0.29) is 0 Å². The molecule has 0 atom stereocenters. The van der Waals surface area contributed by atoms with E-state index in [1.165, 1.54) is 0 Å². The zero-order valence-electron chi connectivity index (χ0n) is 13.0. The number of benzene rings is 2. The molecule has 0 saturated carbocycles. The first kappa shape index (κ1) is 17.9. The van der Waals surface area contributed by atoms with E-state index in [9.17, 15) is 0 Å². The minimum atomic E-state index is 0.507. The number of hydrogen-bond acceptors (Lipinski definition) is 2. The number of aryl methyl sites for hydroxylation is 1. The van der Waals surface area contributed by atoms with Gasteiger partial charge in [-0.15, -0.1) is 0 Å². The Morgan fingerprint density at radius 1 is 1.22 bits per heavy atom. The van der Waals surface area contributed by atoms with Crippen LogP contribution in [0.3, 0.4) is 0 Å². The lowest BCUT2D eigenvalue weighted by molar-refractivity contribution is 0.285. The van der Waals surface area contributed by atoms with E-state index in [0.717, 1.165) is 17.0 Å². The van der Waals surface area contributed by atoms with Crippen molar-refractivity contribution < 1.29 is 4.74 Å². The molecule has 0 radical (unpaired) electrons. The van der Waals surface area contributed by atoms with Gasteiger partial charge in [0.1, 0.15) is 12.4 Å². The van der Waals surface area contributed by atoms with Crippen LogP contribution in [0.1, 0.15) is 5.56 Å². The van der Waals surface area contributed by atoms with Crippen LogP contribution >= 0.6 is 35.4 Å².